The van der Waals surface area contributed by atoms with Crippen LogP contribution < -0.4 is 10.4 Å². The minimum atomic E-state index is -0.759. The van der Waals surface area contributed by atoms with Gasteiger partial charge in [-0.1, -0.05) is 18.2 Å². The molecular formula is C15H16N2O3. The number of nitrogens with zero attached hydrogens (tertiary/aromatic N) is 1. The van der Waals surface area contributed by atoms with Gasteiger partial charge in [-0.05, 0) is 26.0 Å². The Hall–Kier alpha value is -2.30. The summed E-state index contributed by atoms with van der Waals surface area (Å²) in [6.07, 6.45) is 0.666. The number of hydrogen-bond acceptors (Lipinski definition) is 5. The van der Waals surface area contributed by atoms with Crippen molar-refractivity contribution in [2.45, 2.75) is 25.8 Å². The molecule has 0 aliphatic carbocycles. The van der Waals surface area contributed by atoms with E-state index < -0.39 is 11.8 Å². The van der Waals surface area contributed by atoms with Crippen LogP contribution in [0.3, 0.4) is 0 Å². The van der Waals surface area contributed by atoms with Gasteiger partial charge in [0, 0.05) is 12.1 Å². The van der Waals surface area contributed by atoms with Crippen molar-refractivity contribution in [3.8, 4) is 0 Å². The number of nitrogens with one attached hydrogen (secondary N) is 1. The Balaban J connectivity index is 1.95. The van der Waals surface area contributed by atoms with E-state index in [0.29, 0.717) is 12.0 Å². The normalized spacial score (nSPS) is 24.8. The fourth-order valence-electron chi connectivity index (χ4n) is 2.62. The minimum absolute atomic E-state index is 0.0682. The topological polar surface area (TPSA) is 58.6 Å². The van der Waals surface area contributed by atoms with E-state index in [4.69, 9.17) is 4.74 Å². The molecule has 1 aromatic rings. The lowest BCUT2D eigenvalue weighted by molar-refractivity contribution is -0.146. The van der Waals surface area contributed by atoms with Gasteiger partial charge in [0.2, 0.25) is 0 Å². The van der Waals surface area contributed by atoms with Gasteiger partial charge in [-0.2, -0.15) is 0 Å². The second kappa shape index (κ2) is 4.37. The number of ketones is 1. The smallest absolute Gasteiger partial charge is 0.379 e. The van der Waals surface area contributed by atoms with Crippen LogP contribution >= 0.6 is 0 Å². The van der Waals surface area contributed by atoms with E-state index in [0.717, 1.165) is 11.4 Å². The number of para-hydroxylation sites is 1. The lowest BCUT2D eigenvalue weighted by Crippen LogP contribution is -2.43. The second-order valence-corrected chi connectivity index (χ2v) is 5.63. The summed E-state index contributed by atoms with van der Waals surface area (Å²) in [7, 11) is 0. The largest absolute Gasteiger partial charge is 0.455 e. The SMILES string of the molecule is CC1(C)CC(=C2COC(=O)C2=O)NN1c1ccccc1. The molecule has 2 aliphatic rings. The molecule has 5 nitrogen and oxygen atoms in total. The van der Waals surface area contributed by atoms with Crippen molar-refractivity contribution < 1.29 is 14.3 Å². The van der Waals surface area contributed by atoms with Crippen LogP contribution in [0.4, 0.5) is 5.69 Å². The third-order valence-electron chi connectivity index (χ3n) is 3.65. The molecule has 2 fully saturated rings. The number of hydrogen-bond donors (Lipinski definition) is 1. The van der Waals surface area contributed by atoms with Crippen LogP contribution in [0.5, 0.6) is 0 Å². The summed E-state index contributed by atoms with van der Waals surface area (Å²) in [5.74, 6) is -1.29. The molecule has 5 heteroatoms. The maximum absolute atomic E-state index is 11.8. The first-order chi connectivity index (χ1) is 9.49. The Labute approximate surface area is 117 Å². The number of carbonyl (C=O) groups excluding carboxylic acids is 2. The average molecular weight is 272 g/mol. The Morgan fingerprint density at radius 1 is 1.20 bits per heavy atom. The van der Waals surface area contributed by atoms with Crippen molar-refractivity contribution in [1.82, 2.24) is 5.43 Å². The third kappa shape index (κ3) is 1.95. The van der Waals surface area contributed by atoms with E-state index in [1.165, 1.54) is 0 Å². The van der Waals surface area contributed by atoms with E-state index in [9.17, 15) is 9.59 Å². The maximum atomic E-state index is 11.8. The highest BCUT2D eigenvalue weighted by atomic mass is 16.5. The zero-order chi connectivity index (χ0) is 14.3. The second-order valence-electron chi connectivity index (χ2n) is 5.63. The number of Topliss-reactive ketones (excluding diaryl/α,β-unsaturated/α-hetero) is 1. The van der Waals surface area contributed by atoms with Crippen molar-refractivity contribution in [3.05, 3.63) is 41.6 Å². The summed E-state index contributed by atoms with van der Waals surface area (Å²) >= 11 is 0. The van der Waals surface area contributed by atoms with Gasteiger partial charge in [-0.25, -0.2) is 4.79 Å². The highest BCUT2D eigenvalue weighted by Gasteiger charge is 2.40. The number of benzene rings is 1. The van der Waals surface area contributed by atoms with Gasteiger partial charge in [0.25, 0.3) is 5.78 Å². The van der Waals surface area contributed by atoms with Crippen LogP contribution in [0.25, 0.3) is 0 Å². The molecule has 2 heterocycles. The Morgan fingerprint density at radius 3 is 2.50 bits per heavy atom. The summed E-state index contributed by atoms with van der Waals surface area (Å²) in [6.45, 7) is 4.24. The fraction of sp³-hybridized carbons (Fsp3) is 0.333. The molecular weight excluding hydrogens is 256 g/mol. The highest BCUT2D eigenvalue weighted by Crippen LogP contribution is 2.35. The molecule has 2 aliphatic heterocycles. The molecule has 2 saturated heterocycles. The number of anilines is 1. The molecule has 104 valence electrons. The zero-order valence-electron chi connectivity index (χ0n) is 11.5. The summed E-state index contributed by atoms with van der Waals surface area (Å²) in [4.78, 5) is 23.0. The highest BCUT2D eigenvalue weighted by molar-refractivity contribution is 6.42. The summed E-state index contributed by atoms with van der Waals surface area (Å²) in [5.41, 5.74) is 5.30. The molecule has 20 heavy (non-hydrogen) atoms. The molecule has 0 aromatic heterocycles. The molecule has 3 rings (SSSR count). The van der Waals surface area contributed by atoms with Gasteiger partial charge in [-0.15, -0.1) is 0 Å². The minimum Gasteiger partial charge on any atom is -0.455 e. The van der Waals surface area contributed by atoms with E-state index in [2.05, 4.69) is 19.3 Å². The van der Waals surface area contributed by atoms with Crippen LogP contribution in [0.2, 0.25) is 0 Å². The maximum Gasteiger partial charge on any atom is 0.379 e. The molecule has 0 amide bonds. The van der Waals surface area contributed by atoms with Gasteiger partial charge >= 0.3 is 5.97 Å². The molecule has 0 bridgehead atoms. The van der Waals surface area contributed by atoms with Crippen LogP contribution in [0.15, 0.2) is 41.6 Å². The van der Waals surface area contributed by atoms with Gasteiger partial charge < -0.3 is 10.2 Å². The lowest BCUT2D eigenvalue weighted by atomic mass is 9.97. The van der Waals surface area contributed by atoms with Gasteiger partial charge in [0.15, 0.2) is 0 Å². The number of ether oxygens (including phenoxy) is 1. The van der Waals surface area contributed by atoms with Crippen molar-refractivity contribution in [1.29, 1.82) is 0 Å². The zero-order valence-corrected chi connectivity index (χ0v) is 11.5. The monoisotopic (exact) mass is 272 g/mol. The van der Waals surface area contributed by atoms with Crippen molar-refractivity contribution in [3.63, 3.8) is 0 Å². The summed E-state index contributed by atoms with van der Waals surface area (Å²) in [6, 6.07) is 9.89. The van der Waals surface area contributed by atoms with E-state index in [-0.39, 0.29) is 12.1 Å². The van der Waals surface area contributed by atoms with E-state index in [1.807, 2.05) is 35.3 Å². The first-order valence-corrected chi connectivity index (χ1v) is 6.54. The number of hydrazine groups is 1. The number of esters is 1. The van der Waals surface area contributed by atoms with Crippen molar-refractivity contribution >= 4 is 17.4 Å². The third-order valence-corrected chi connectivity index (χ3v) is 3.65. The number of cyclic esters (lactones) is 1. The van der Waals surface area contributed by atoms with Crippen LogP contribution in [-0.2, 0) is 14.3 Å². The van der Waals surface area contributed by atoms with Gasteiger partial charge in [-0.3, -0.25) is 9.80 Å². The molecule has 0 unspecified atom stereocenters. The average Bonchev–Trinajstić information content (AvgIpc) is 2.91. The predicted molar refractivity (Wildman–Crippen MR) is 73.7 cm³/mol. The Kier molecular flexibility index (Phi) is 2.78. The molecule has 0 atom stereocenters. The first-order valence-electron chi connectivity index (χ1n) is 6.54. The predicted octanol–water partition coefficient (Wildman–Crippen LogP) is 1.56. The Bertz CT molecular complexity index is 605. The molecule has 1 aromatic carbocycles. The summed E-state index contributed by atoms with van der Waals surface area (Å²) < 4.78 is 4.79. The van der Waals surface area contributed by atoms with Crippen molar-refractivity contribution in [2.24, 2.45) is 0 Å². The van der Waals surface area contributed by atoms with Gasteiger partial charge in [0.1, 0.15) is 6.61 Å². The Morgan fingerprint density at radius 2 is 1.90 bits per heavy atom. The molecule has 0 saturated carbocycles. The standard InChI is InChI=1S/C15H16N2O3/c1-15(2)8-12(11-9-20-14(19)13(11)18)16-17(15)10-6-4-3-5-7-10/h3-7,16H,8-9H2,1-2H3. The first kappa shape index (κ1) is 12.7. The number of rotatable bonds is 1. The quantitative estimate of drug-likeness (QED) is 0.477. The van der Waals surface area contributed by atoms with E-state index >= 15 is 0 Å². The van der Waals surface area contributed by atoms with Crippen LogP contribution in [0, 0.1) is 0 Å². The molecule has 0 radical (unpaired) electrons. The van der Waals surface area contributed by atoms with Crippen molar-refractivity contribution in [2.75, 3.05) is 11.6 Å². The van der Waals surface area contributed by atoms with Crippen LogP contribution in [-0.4, -0.2) is 23.9 Å². The van der Waals surface area contributed by atoms with Gasteiger partial charge in [0.05, 0.1) is 16.8 Å². The number of carbonyl (C=O) groups is 2. The van der Waals surface area contributed by atoms with E-state index in [1.54, 1.807) is 0 Å². The summed E-state index contributed by atoms with van der Waals surface area (Å²) in [5, 5.41) is 2.02. The lowest BCUT2D eigenvalue weighted by Gasteiger charge is -2.32. The molecule has 1 N–H and O–H groups in total. The van der Waals surface area contributed by atoms with Crippen LogP contribution in [0.1, 0.15) is 20.3 Å². The fourth-order valence-corrected chi connectivity index (χ4v) is 2.62. The molecule has 0 spiro atoms.